The van der Waals surface area contributed by atoms with Crippen LogP contribution in [0.1, 0.15) is 61.1 Å². The Morgan fingerprint density at radius 1 is 1.18 bits per heavy atom. The van der Waals surface area contributed by atoms with Crippen molar-refractivity contribution in [3.05, 3.63) is 48.0 Å². The molecule has 1 atom stereocenters. The van der Waals surface area contributed by atoms with E-state index in [1.54, 1.807) is 12.1 Å². The van der Waals surface area contributed by atoms with Crippen LogP contribution in [0.4, 0.5) is 5.69 Å². The Morgan fingerprint density at radius 2 is 1.89 bits per heavy atom. The Kier molecular flexibility index (Phi) is 10.3. The minimum atomic E-state index is -0.921. The number of amides is 1. The second kappa shape index (κ2) is 12.2. The highest BCUT2D eigenvalue weighted by atomic mass is 35.5. The van der Waals surface area contributed by atoms with E-state index in [2.05, 4.69) is 17.2 Å². The highest BCUT2D eigenvalue weighted by molar-refractivity contribution is 6.02. The minimum Gasteiger partial charge on any atom is -0.480 e. The molecule has 0 saturated heterocycles. The van der Waals surface area contributed by atoms with Gasteiger partial charge in [0.25, 0.3) is 5.91 Å². The van der Waals surface area contributed by atoms with Crippen LogP contribution < -0.4 is 5.32 Å². The lowest BCUT2D eigenvalue weighted by atomic mass is 10.1. The zero-order valence-corrected chi connectivity index (χ0v) is 16.8. The summed E-state index contributed by atoms with van der Waals surface area (Å²) in [7, 11) is 0. The first-order chi connectivity index (χ1) is 13.0. The van der Waals surface area contributed by atoms with Gasteiger partial charge in [-0.05, 0) is 30.5 Å². The van der Waals surface area contributed by atoms with Crippen LogP contribution in [0.15, 0.2) is 36.8 Å². The van der Waals surface area contributed by atoms with Gasteiger partial charge in [-0.25, -0.2) is 9.78 Å². The summed E-state index contributed by atoms with van der Waals surface area (Å²) in [6, 6.07) is 6.47. The van der Waals surface area contributed by atoms with Crippen molar-refractivity contribution in [2.75, 3.05) is 11.9 Å². The summed E-state index contributed by atoms with van der Waals surface area (Å²) in [5.41, 5.74) is 1.77. The number of aliphatic hydroxyl groups is 1. The number of carboxylic acid groups (broad SMARTS) is 1. The standard InChI is InChI=1S/C20H27N3O4.ClH/c1-2-3-4-5-6-18(20(26)27)23-13-17(21-14-23)19(25)22-16-9-7-15(8-10-16)11-12-24;/h7-10,13-14,18,24H,2-6,11-12H2,1H3,(H,22,25)(H,26,27);1H. The maximum absolute atomic E-state index is 12.4. The molecular weight excluding hydrogens is 382 g/mol. The van der Waals surface area contributed by atoms with Gasteiger partial charge in [0.2, 0.25) is 0 Å². The molecule has 1 amide bonds. The van der Waals surface area contributed by atoms with Gasteiger partial charge in [0.1, 0.15) is 11.7 Å². The summed E-state index contributed by atoms with van der Waals surface area (Å²) in [6.45, 7) is 2.18. The molecule has 2 rings (SSSR count). The molecule has 0 aliphatic heterocycles. The summed E-state index contributed by atoms with van der Waals surface area (Å²) >= 11 is 0. The molecule has 7 nitrogen and oxygen atoms in total. The zero-order valence-electron chi connectivity index (χ0n) is 16.0. The number of rotatable bonds is 11. The van der Waals surface area contributed by atoms with E-state index in [0.717, 1.165) is 31.2 Å². The third-order valence-electron chi connectivity index (χ3n) is 4.42. The van der Waals surface area contributed by atoms with Gasteiger partial charge in [-0.15, -0.1) is 12.4 Å². The topological polar surface area (TPSA) is 104 Å². The maximum Gasteiger partial charge on any atom is 0.326 e. The fourth-order valence-electron chi connectivity index (χ4n) is 2.87. The van der Waals surface area contributed by atoms with Gasteiger partial charge in [-0.2, -0.15) is 0 Å². The van der Waals surface area contributed by atoms with Crippen LogP contribution in [0.25, 0.3) is 0 Å². The van der Waals surface area contributed by atoms with E-state index in [9.17, 15) is 14.7 Å². The average molecular weight is 410 g/mol. The molecular formula is C20H28ClN3O4. The van der Waals surface area contributed by atoms with Crippen molar-refractivity contribution in [2.24, 2.45) is 0 Å². The van der Waals surface area contributed by atoms with Crippen LogP contribution in [-0.4, -0.2) is 38.2 Å². The highest BCUT2D eigenvalue weighted by Gasteiger charge is 2.21. The molecule has 1 heterocycles. The monoisotopic (exact) mass is 409 g/mol. The molecule has 0 fully saturated rings. The van der Waals surface area contributed by atoms with Crippen molar-refractivity contribution >= 4 is 30.0 Å². The van der Waals surface area contributed by atoms with E-state index in [4.69, 9.17) is 5.11 Å². The quantitative estimate of drug-likeness (QED) is 0.491. The summed E-state index contributed by atoms with van der Waals surface area (Å²) < 4.78 is 1.49. The van der Waals surface area contributed by atoms with Gasteiger partial charge in [-0.1, -0.05) is 44.7 Å². The third-order valence-corrected chi connectivity index (χ3v) is 4.42. The molecule has 0 saturated carbocycles. The lowest BCUT2D eigenvalue weighted by Gasteiger charge is -2.13. The number of nitrogens with one attached hydrogen (secondary N) is 1. The van der Waals surface area contributed by atoms with E-state index in [0.29, 0.717) is 18.5 Å². The summed E-state index contributed by atoms with van der Waals surface area (Å²) in [5.74, 6) is -1.31. The number of hydrogen-bond donors (Lipinski definition) is 3. The van der Waals surface area contributed by atoms with Gasteiger partial charge in [0.15, 0.2) is 0 Å². The van der Waals surface area contributed by atoms with Gasteiger partial charge in [0.05, 0.1) is 6.33 Å². The number of benzene rings is 1. The summed E-state index contributed by atoms with van der Waals surface area (Å²) in [5, 5.41) is 21.1. The van der Waals surface area contributed by atoms with Gasteiger partial charge >= 0.3 is 5.97 Å². The SMILES string of the molecule is CCCCCCC(C(=O)O)n1cnc(C(=O)Nc2ccc(CCO)cc2)c1.Cl. The lowest BCUT2D eigenvalue weighted by molar-refractivity contribution is -0.141. The highest BCUT2D eigenvalue weighted by Crippen LogP contribution is 2.18. The van der Waals surface area contributed by atoms with Gasteiger partial charge in [-0.3, -0.25) is 4.79 Å². The van der Waals surface area contributed by atoms with E-state index in [1.165, 1.54) is 17.1 Å². The van der Waals surface area contributed by atoms with Crippen LogP contribution in [0.2, 0.25) is 0 Å². The predicted octanol–water partition coefficient (Wildman–Crippen LogP) is 3.69. The van der Waals surface area contributed by atoms with E-state index in [-0.39, 0.29) is 24.7 Å². The molecule has 0 radical (unpaired) electrons. The number of carboxylic acids is 1. The number of aromatic nitrogens is 2. The van der Waals surface area contributed by atoms with Gasteiger partial charge < -0.3 is 20.1 Å². The predicted molar refractivity (Wildman–Crippen MR) is 110 cm³/mol. The second-order valence-electron chi connectivity index (χ2n) is 6.53. The van der Waals surface area contributed by atoms with Crippen LogP contribution in [0.5, 0.6) is 0 Å². The van der Waals surface area contributed by atoms with E-state index in [1.807, 2.05) is 12.1 Å². The average Bonchev–Trinajstić information content (AvgIpc) is 3.13. The van der Waals surface area contributed by atoms with Crippen molar-refractivity contribution in [1.29, 1.82) is 0 Å². The zero-order chi connectivity index (χ0) is 19.6. The first-order valence-electron chi connectivity index (χ1n) is 9.32. The number of halogens is 1. The van der Waals surface area contributed by atoms with E-state index < -0.39 is 17.9 Å². The number of nitrogens with zero attached hydrogens (tertiary/aromatic N) is 2. The number of hydrogen-bond acceptors (Lipinski definition) is 4. The summed E-state index contributed by atoms with van der Waals surface area (Å²) in [6.07, 6.45) is 7.95. The normalized spacial score (nSPS) is 11.5. The molecule has 8 heteroatoms. The number of carbonyl (C=O) groups is 2. The molecule has 1 aromatic carbocycles. The van der Waals surface area contributed by atoms with Crippen molar-refractivity contribution in [1.82, 2.24) is 9.55 Å². The largest absolute Gasteiger partial charge is 0.480 e. The smallest absolute Gasteiger partial charge is 0.326 e. The molecule has 0 aliphatic carbocycles. The fraction of sp³-hybridized carbons (Fsp3) is 0.450. The first kappa shape index (κ1) is 23.7. The Labute approximate surface area is 171 Å². The number of anilines is 1. The lowest BCUT2D eigenvalue weighted by Crippen LogP contribution is -2.18. The van der Waals surface area contributed by atoms with Gasteiger partial charge in [0, 0.05) is 18.5 Å². The number of aliphatic carboxylic acids is 1. The maximum atomic E-state index is 12.4. The second-order valence-corrected chi connectivity index (χ2v) is 6.53. The Bertz CT molecular complexity index is 746. The third kappa shape index (κ3) is 6.98. The van der Waals surface area contributed by atoms with Crippen molar-refractivity contribution in [3.8, 4) is 0 Å². The number of imidazole rings is 1. The van der Waals surface area contributed by atoms with Crippen LogP contribution >= 0.6 is 12.4 Å². The van der Waals surface area contributed by atoms with Crippen molar-refractivity contribution in [3.63, 3.8) is 0 Å². The first-order valence-corrected chi connectivity index (χ1v) is 9.32. The number of carbonyl (C=O) groups excluding carboxylic acids is 1. The molecule has 2 aromatic rings. The molecule has 0 aliphatic rings. The van der Waals surface area contributed by atoms with Crippen LogP contribution in [0.3, 0.4) is 0 Å². The fourth-order valence-corrected chi connectivity index (χ4v) is 2.87. The molecule has 3 N–H and O–H groups in total. The Balaban J connectivity index is 0.00000392. The Morgan fingerprint density at radius 3 is 2.50 bits per heavy atom. The molecule has 0 bridgehead atoms. The molecule has 28 heavy (non-hydrogen) atoms. The molecule has 0 spiro atoms. The molecule has 154 valence electrons. The molecule has 1 unspecified atom stereocenters. The summed E-state index contributed by atoms with van der Waals surface area (Å²) in [4.78, 5) is 28.0. The number of unbranched alkanes of at least 4 members (excludes halogenated alkanes) is 3. The van der Waals surface area contributed by atoms with Crippen molar-refractivity contribution < 1.29 is 19.8 Å². The van der Waals surface area contributed by atoms with Crippen LogP contribution in [0, 0.1) is 0 Å². The van der Waals surface area contributed by atoms with Crippen molar-refractivity contribution in [2.45, 2.75) is 51.5 Å². The van der Waals surface area contributed by atoms with Crippen LogP contribution in [-0.2, 0) is 11.2 Å². The molecule has 1 aromatic heterocycles. The Hall–Kier alpha value is -2.38. The van der Waals surface area contributed by atoms with E-state index >= 15 is 0 Å². The minimum absolute atomic E-state index is 0. The number of aliphatic hydroxyl groups excluding tert-OH is 1.